The Hall–Kier alpha value is -2.34. The van der Waals surface area contributed by atoms with Crippen LogP contribution in [0, 0.1) is 16.7 Å². The summed E-state index contributed by atoms with van der Waals surface area (Å²) in [5.41, 5.74) is 0.000215. The summed E-state index contributed by atoms with van der Waals surface area (Å²) in [6.07, 6.45) is -0.127. The van der Waals surface area contributed by atoms with Gasteiger partial charge in [0.1, 0.15) is 11.2 Å². The van der Waals surface area contributed by atoms with E-state index in [1.54, 1.807) is 30.3 Å². The molecular formula is C28H35Cl2N3O4. The van der Waals surface area contributed by atoms with Gasteiger partial charge in [-0.2, -0.15) is 5.26 Å². The summed E-state index contributed by atoms with van der Waals surface area (Å²) in [6, 6.07) is 13.9. The van der Waals surface area contributed by atoms with Crippen LogP contribution in [0.25, 0.3) is 0 Å². The van der Waals surface area contributed by atoms with Crippen LogP contribution in [0.15, 0.2) is 42.5 Å². The predicted octanol–water partition coefficient (Wildman–Crippen LogP) is 4.18. The molecule has 2 aromatic carbocycles. The molecule has 1 saturated heterocycles. The van der Waals surface area contributed by atoms with Crippen LogP contribution >= 0.6 is 23.2 Å². The third kappa shape index (κ3) is 6.39. The summed E-state index contributed by atoms with van der Waals surface area (Å²) >= 11 is 12.7. The summed E-state index contributed by atoms with van der Waals surface area (Å²) < 4.78 is 5.71. The third-order valence-corrected chi connectivity index (χ3v) is 7.31. The van der Waals surface area contributed by atoms with Crippen LogP contribution in [0.5, 0.6) is 5.75 Å². The van der Waals surface area contributed by atoms with E-state index in [4.69, 9.17) is 33.0 Å². The number of rotatable bonds is 9. The first kappa shape index (κ1) is 29.2. The Balaban J connectivity index is 2.22. The van der Waals surface area contributed by atoms with Gasteiger partial charge in [-0.15, -0.1) is 0 Å². The molecule has 4 N–H and O–H groups in total. The zero-order valence-corrected chi connectivity index (χ0v) is 23.1. The van der Waals surface area contributed by atoms with Gasteiger partial charge in [0.25, 0.3) is 0 Å². The van der Waals surface area contributed by atoms with Crippen molar-refractivity contribution in [2.24, 2.45) is 5.41 Å². The highest BCUT2D eigenvalue weighted by Crippen LogP contribution is 2.53. The first-order chi connectivity index (χ1) is 17.5. The van der Waals surface area contributed by atoms with Gasteiger partial charge in [-0.3, -0.25) is 4.79 Å². The largest absolute Gasteiger partial charge is 0.496 e. The van der Waals surface area contributed by atoms with Crippen LogP contribution in [0.3, 0.4) is 0 Å². The Morgan fingerprint density at radius 2 is 1.95 bits per heavy atom. The predicted molar refractivity (Wildman–Crippen MR) is 145 cm³/mol. The molecule has 0 aromatic heterocycles. The fourth-order valence-corrected chi connectivity index (χ4v) is 5.63. The van der Waals surface area contributed by atoms with Gasteiger partial charge in [-0.1, -0.05) is 62.2 Å². The van der Waals surface area contributed by atoms with Gasteiger partial charge in [0.2, 0.25) is 5.91 Å². The maximum absolute atomic E-state index is 13.6. The summed E-state index contributed by atoms with van der Waals surface area (Å²) in [5, 5.41) is 37.2. The monoisotopic (exact) mass is 547 g/mol. The number of carbonyl (C=O) groups excluding carboxylic acids is 1. The lowest BCUT2D eigenvalue weighted by Crippen LogP contribution is -2.46. The Bertz CT molecular complexity index is 1150. The Labute approximate surface area is 228 Å². The van der Waals surface area contributed by atoms with Gasteiger partial charge in [-0.25, -0.2) is 0 Å². The van der Waals surface area contributed by atoms with Crippen molar-refractivity contribution in [1.82, 2.24) is 10.6 Å². The molecule has 1 aliphatic rings. The summed E-state index contributed by atoms with van der Waals surface area (Å²) in [6.45, 7) is 6.06. The van der Waals surface area contributed by atoms with E-state index in [1.165, 1.54) is 7.11 Å². The molecule has 1 fully saturated rings. The van der Waals surface area contributed by atoms with Crippen molar-refractivity contribution < 1.29 is 19.7 Å². The lowest BCUT2D eigenvalue weighted by molar-refractivity contribution is -0.123. The zero-order chi connectivity index (χ0) is 27.4. The molecular weight excluding hydrogens is 513 g/mol. The average molecular weight is 549 g/mol. The first-order valence-corrected chi connectivity index (χ1v) is 13.1. The maximum Gasteiger partial charge on any atom is 0.237 e. The summed E-state index contributed by atoms with van der Waals surface area (Å²) in [5.74, 6) is -0.464. The Kier molecular flexibility index (Phi) is 9.49. The summed E-state index contributed by atoms with van der Waals surface area (Å²) in [4.78, 5) is 13.6. The fraction of sp³-hybridized carbons (Fsp3) is 0.500. The second kappa shape index (κ2) is 12.0. The van der Waals surface area contributed by atoms with Crippen LogP contribution in [0.2, 0.25) is 10.0 Å². The van der Waals surface area contributed by atoms with Gasteiger partial charge >= 0.3 is 0 Å². The molecule has 5 atom stereocenters. The Morgan fingerprint density at radius 1 is 1.24 bits per heavy atom. The molecule has 0 aliphatic carbocycles. The van der Waals surface area contributed by atoms with Crippen molar-refractivity contribution >= 4 is 29.1 Å². The molecule has 37 heavy (non-hydrogen) atoms. The van der Waals surface area contributed by atoms with Gasteiger partial charge in [0, 0.05) is 34.1 Å². The van der Waals surface area contributed by atoms with Crippen LogP contribution in [0.4, 0.5) is 0 Å². The second-order valence-corrected chi connectivity index (χ2v) is 11.6. The van der Waals surface area contributed by atoms with Crippen molar-refractivity contribution in [3.05, 3.63) is 63.6 Å². The van der Waals surface area contributed by atoms with E-state index >= 15 is 0 Å². The number of methoxy groups -OCH3 is 1. The van der Waals surface area contributed by atoms with E-state index in [2.05, 4.69) is 37.5 Å². The minimum absolute atomic E-state index is 0.172. The number of amides is 1. The fourth-order valence-electron chi connectivity index (χ4n) is 5.27. The van der Waals surface area contributed by atoms with Gasteiger partial charge < -0.3 is 25.6 Å². The van der Waals surface area contributed by atoms with Crippen molar-refractivity contribution in [3.8, 4) is 11.8 Å². The van der Waals surface area contributed by atoms with E-state index in [1.807, 2.05) is 12.1 Å². The number of carbonyl (C=O) groups is 1. The molecule has 0 bridgehead atoms. The van der Waals surface area contributed by atoms with Crippen LogP contribution in [-0.2, 0) is 10.2 Å². The smallest absolute Gasteiger partial charge is 0.237 e. The van der Waals surface area contributed by atoms with E-state index in [0.717, 1.165) is 5.56 Å². The van der Waals surface area contributed by atoms with E-state index < -0.39 is 29.5 Å². The topological polar surface area (TPSA) is 115 Å². The molecule has 7 nitrogen and oxygen atoms in total. The van der Waals surface area contributed by atoms with Crippen molar-refractivity contribution in [2.75, 3.05) is 20.3 Å². The number of nitriles is 1. The number of aliphatic hydroxyl groups is 2. The molecule has 1 amide bonds. The number of ether oxygens (including phenoxy) is 1. The highest BCUT2D eigenvalue weighted by molar-refractivity contribution is 6.31. The minimum atomic E-state index is -1.21. The lowest BCUT2D eigenvalue weighted by Gasteiger charge is -2.38. The molecule has 9 heteroatoms. The molecule has 2 aromatic rings. The van der Waals surface area contributed by atoms with Gasteiger partial charge in [0.05, 0.1) is 31.9 Å². The third-order valence-electron chi connectivity index (χ3n) is 6.84. The molecule has 0 spiro atoms. The molecule has 4 unspecified atom stereocenters. The zero-order valence-electron chi connectivity index (χ0n) is 21.6. The second-order valence-electron chi connectivity index (χ2n) is 10.7. The van der Waals surface area contributed by atoms with Crippen LogP contribution < -0.4 is 15.4 Å². The van der Waals surface area contributed by atoms with Gasteiger partial charge in [-0.05, 0) is 48.1 Å². The molecule has 0 saturated carbocycles. The number of aliphatic hydroxyl groups excluding tert-OH is 2. The quantitative estimate of drug-likeness (QED) is 0.374. The number of hydrogen-bond acceptors (Lipinski definition) is 6. The van der Waals surface area contributed by atoms with Crippen molar-refractivity contribution in [1.29, 1.82) is 5.26 Å². The first-order valence-electron chi connectivity index (χ1n) is 12.3. The van der Waals surface area contributed by atoms with Crippen molar-refractivity contribution in [3.63, 3.8) is 0 Å². The number of benzene rings is 2. The number of nitrogens with zero attached hydrogens (tertiary/aromatic N) is 1. The molecule has 3 rings (SSSR count). The van der Waals surface area contributed by atoms with Crippen molar-refractivity contribution in [2.45, 2.75) is 63.1 Å². The van der Waals surface area contributed by atoms with E-state index in [-0.39, 0.29) is 30.9 Å². The highest BCUT2D eigenvalue weighted by atomic mass is 35.5. The van der Waals surface area contributed by atoms with Crippen LogP contribution in [-0.4, -0.2) is 54.6 Å². The van der Waals surface area contributed by atoms with E-state index in [0.29, 0.717) is 27.8 Å². The number of nitrogens with one attached hydrogen (secondary N) is 2. The molecule has 200 valence electrons. The Morgan fingerprint density at radius 3 is 2.54 bits per heavy atom. The molecule has 0 radical (unpaired) electrons. The average Bonchev–Trinajstić information content (AvgIpc) is 3.16. The van der Waals surface area contributed by atoms with Crippen LogP contribution in [0.1, 0.15) is 50.7 Å². The molecule has 1 aliphatic heterocycles. The SMILES string of the molecule is COc1cc(Cl)ccc1C1(C#N)C(CC(C)(C)C)NC(C(=O)NCC[C@@H](O)CO)C1c1cccc(Cl)c1. The summed E-state index contributed by atoms with van der Waals surface area (Å²) in [7, 11) is 1.53. The normalized spacial score (nSPS) is 24.4. The van der Waals surface area contributed by atoms with Gasteiger partial charge in [0.15, 0.2) is 0 Å². The number of hydrogen-bond donors (Lipinski definition) is 4. The van der Waals surface area contributed by atoms with E-state index in [9.17, 15) is 15.2 Å². The number of halogens is 2. The lowest BCUT2D eigenvalue weighted by atomic mass is 9.62. The molecule has 1 heterocycles. The minimum Gasteiger partial charge on any atom is -0.496 e. The standard InChI is InChI=1S/C28H35Cl2N3O4/c1-27(2,3)14-23-28(16-31,21-9-8-19(30)13-22(21)37-4)24(17-6-5-7-18(29)12-17)25(33-23)26(36)32-11-10-20(35)15-34/h5-9,12-13,20,23-25,33-35H,10-11,14-15H2,1-4H3,(H,32,36)/t20-,23?,24?,25?,28?/m1/s1. The highest BCUT2D eigenvalue weighted by Gasteiger charge is 2.60. The maximum atomic E-state index is 13.6.